The first-order valence-electron chi connectivity index (χ1n) is 9.39. The van der Waals surface area contributed by atoms with Crippen molar-refractivity contribution in [2.24, 2.45) is 5.84 Å². The lowest BCUT2D eigenvalue weighted by molar-refractivity contribution is 0.474. The van der Waals surface area contributed by atoms with Crippen molar-refractivity contribution in [1.82, 2.24) is 5.43 Å². The first kappa shape index (κ1) is 19.2. The number of nitrogens with two attached hydrogens (primary N) is 1. The van der Waals surface area contributed by atoms with Crippen LogP contribution in [0.1, 0.15) is 95.6 Å². The first-order chi connectivity index (χ1) is 10.9. The molecule has 3 N–H and O–H groups in total. The lowest BCUT2D eigenvalue weighted by Gasteiger charge is -2.16. The van der Waals surface area contributed by atoms with E-state index in [1.807, 2.05) is 0 Å². The fourth-order valence-electron chi connectivity index (χ4n) is 3.04. The van der Waals surface area contributed by atoms with Crippen LogP contribution in [-0.4, -0.2) is 0 Å². The monoisotopic (exact) mass is 304 g/mol. The minimum atomic E-state index is 0.305. The zero-order chi connectivity index (χ0) is 15.9. The third-order valence-corrected chi connectivity index (χ3v) is 4.50. The molecule has 0 saturated carbocycles. The summed E-state index contributed by atoms with van der Waals surface area (Å²) in [7, 11) is 0. The Balaban J connectivity index is 1.94. The number of nitrogens with one attached hydrogen (secondary N) is 1. The molecule has 22 heavy (non-hydrogen) atoms. The highest BCUT2D eigenvalue weighted by molar-refractivity contribution is 5.18. The second kappa shape index (κ2) is 13.8. The van der Waals surface area contributed by atoms with Crippen LogP contribution >= 0.6 is 0 Å². The first-order valence-corrected chi connectivity index (χ1v) is 9.39. The van der Waals surface area contributed by atoms with Crippen molar-refractivity contribution in [2.75, 3.05) is 0 Å². The molecule has 0 bridgehead atoms. The van der Waals surface area contributed by atoms with Gasteiger partial charge in [0.15, 0.2) is 0 Å². The summed E-state index contributed by atoms with van der Waals surface area (Å²) in [5, 5.41) is 0. The molecule has 1 aromatic carbocycles. The Bertz CT molecular complexity index is 337. The van der Waals surface area contributed by atoms with Gasteiger partial charge in [0, 0.05) is 6.04 Å². The molecule has 1 aromatic rings. The Labute approximate surface area is 137 Å². The molecule has 1 rings (SSSR count). The minimum Gasteiger partial charge on any atom is -0.271 e. The van der Waals surface area contributed by atoms with E-state index in [9.17, 15) is 0 Å². The SMILES string of the molecule is CCCCCCCCCCCCC[C@@H](NN)c1ccccc1. The zero-order valence-electron chi connectivity index (χ0n) is 14.5. The standard InChI is InChI=1S/C20H36N2/c1-2-3-4-5-6-7-8-9-10-11-15-18-20(22-21)19-16-13-12-14-17-19/h12-14,16-17,20,22H,2-11,15,18,21H2,1H3/t20-/m1/s1. The molecule has 0 aliphatic rings. The Morgan fingerprint density at radius 1 is 0.773 bits per heavy atom. The lowest BCUT2D eigenvalue weighted by atomic mass is 10.00. The normalized spacial score (nSPS) is 12.5. The molecule has 2 nitrogen and oxygen atoms in total. The van der Waals surface area contributed by atoms with E-state index in [-0.39, 0.29) is 0 Å². The molecule has 0 unspecified atom stereocenters. The number of rotatable bonds is 14. The zero-order valence-corrected chi connectivity index (χ0v) is 14.5. The molecule has 2 heteroatoms. The number of hydrazine groups is 1. The predicted octanol–water partition coefficient (Wildman–Crippen LogP) is 5.89. The van der Waals surface area contributed by atoms with Gasteiger partial charge < -0.3 is 0 Å². The number of benzene rings is 1. The summed E-state index contributed by atoms with van der Waals surface area (Å²) in [6.07, 6.45) is 16.4. The third-order valence-electron chi connectivity index (χ3n) is 4.50. The van der Waals surface area contributed by atoms with Crippen molar-refractivity contribution in [3.63, 3.8) is 0 Å². The van der Waals surface area contributed by atoms with E-state index in [1.165, 1.54) is 76.2 Å². The smallest absolute Gasteiger partial charge is 0.0460 e. The topological polar surface area (TPSA) is 38.0 Å². The second-order valence-corrected chi connectivity index (χ2v) is 6.45. The molecular formula is C20H36N2. The van der Waals surface area contributed by atoms with Crippen molar-refractivity contribution in [1.29, 1.82) is 0 Å². The van der Waals surface area contributed by atoms with E-state index >= 15 is 0 Å². The van der Waals surface area contributed by atoms with Crippen LogP contribution in [0.25, 0.3) is 0 Å². The maximum atomic E-state index is 5.69. The second-order valence-electron chi connectivity index (χ2n) is 6.45. The van der Waals surface area contributed by atoms with Crippen LogP contribution in [0, 0.1) is 0 Å². The highest BCUT2D eigenvalue weighted by atomic mass is 15.2. The van der Waals surface area contributed by atoms with Gasteiger partial charge in [0.25, 0.3) is 0 Å². The maximum Gasteiger partial charge on any atom is 0.0460 e. The van der Waals surface area contributed by atoms with Crippen molar-refractivity contribution in [2.45, 2.75) is 90.0 Å². The Morgan fingerprint density at radius 3 is 1.77 bits per heavy atom. The van der Waals surface area contributed by atoms with Gasteiger partial charge in [-0.15, -0.1) is 0 Å². The Morgan fingerprint density at radius 2 is 1.27 bits per heavy atom. The van der Waals surface area contributed by atoms with Crippen molar-refractivity contribution in [3.8, 4) is 0 Å². The highest BCUT2D eigenvalue weighted by Gasteiger charge is 2.07. The molecule has 0 fully saturated rings. The fourth-order valence-corrected chi connectivity index (χ4v) is 3.04. The van der Waals surface area contributed by atoms with Crippen molar-refractivity contribution >= 4 is 0 Å². The van der Waals surface area contributed by atoms with Crippen molar-refractivity contribution < 1.29 is 0 Å². The number of hydrogen-bond acceptors (Lipinski definition) is 2. The van der Waals surface area contributed by atoms with Gasteiger partial charge in [-0.1, -0.05) is 108 Å². The molecule has 1 atom stereocenters. The summed E-state index contributed by atoms with van der Waals surface area (Å²) < 4.78 is 0. The van der Waals surface area contributed by atoms with Crippen LogP contribution in [0.4, 0.5) is 0 Å². The summed E-state index contributed by atoms with van der Waals surface area (Å²) in [4.78, 5) is 0. The molecule has 0 heterocycles. The highest BCUT2D eigenvalue weighted by Crippen LogP contribution is 2.19. The van der Waals surface area contributed by atoms with Crippen LogP contribution in [-0.2, 0) is 0 Å². The van der Waals surface area contributed by atoms with E-state index < -0.39 is 0 Å². The summed E-state index contributed by atoms with van der Waals surface area (Å²) in [6, 6.07) is 10.8. The van der Waals surface area contributed by atoms with Gasteiger partial charge in [0.2, 0.25) is 0 Å². The van der Waals surface area contributed by atoms with Gasteiger partial charge in [-0.05, 0) is 12.0 Å². The Hall–Kier alpha value is -0.860. The van der Waals surface area contributed by atoms with E-state index in [2.05, 4.69) is 42.7 Å². The van der Waals surface area contributed by atoms with Crippen LogP contribution < -0.4 is 11.3 Å². The van der Waals surface area contributed by atoms with Gasteiger partial charge in [-0.2, -0.15) is 0 Å². The lowest BCUT2D eigenvalue weighted by Crippen LogP contribution is -2.27. The largest absolute Gasteiger partial charge is 0.271 e. The Kier molecular flexibility index (Phi) is 12.0. The average molecular weight is 305 g/mol. The van der Waals surface area contributed by atoms with Gasteiger partial charge in [0.1, 0.15) is 0 Å². The third kappa shape index (κ3) is 9.22. The molecule has 0 saturated heterocycles. The molecule has 0 aromatic heterocycles. The molecule has 0 aliphatic heterocycles. The number of hydrogen-bond donors (Lipinski definition) is 2. The van der Waals surface area contributed by atoms with Gasteiger partial charge >= 0.3 is 0 Å². The van der Waals surface area contributed by atoms with Gasteiger partial charge in [0.05, 0.1) is 0 Å². The molecule has 0 spiro atoms. The van der Waals surface area contributed by atoms with Crippen LogP contribution in [0.15, 0.2) is 30.3 Å². The average Bonchev–Trinajstić information content (AvgIpc) is 2.57. The quantitative estimate of drug-likeness (QED) is 0.255. The maximum absolute atomic E-state index is 5.69. The van der Waals surface area contributed by atoms with Gasteiger partial charge in [-0.25, -0.2) is 0 Å². The van der Waals surface area contributed by atoms with E-state index in [0.29, 0.717) is 6.04 Å². The molecular weight excluding hydrogens is 268 g/mol. The number of unbranched alkanes of at least 4 members (excludes halogenated alkanes) is 10. The van der Waals surface area contributed by atoms with Gasteiger partial charge in [-0.3, -0.25) is 11.3 Å². The van der Waals surface area contributed by atoms with E-state index in [4.69, 9.17) is 5.84 Å². The molecule has 126 valence electrons. The van der Waals surface area contributed by atoms with Crippen molar-refractivity contribution in [3.05, 3.63) is 35.9 Å². The van der Waals surface area contributed by atoms with E-state index in [1.54, 1.807) is 0 Å². The van der Waals surface area contributed by atoms with E-state index in [0.717, 1.165) is 6.42 Å². The fraction of sp³-hybridized carbons (Fsp3) is 0.700. The van der Waals surface area contributed by atoms with Crippen LogP contribution in [0.3, 0.4) is 0 Å². The molecule has 0 radical (unpaired) electrons. The predicted molar refractivity (Wildman–Crippen MR) is 97.6 cm³/mol. The summed E-state index contributed by atoms with van der Waals surface area (Å²) in [5.74, 6) is 5.69. The van der Waals surface area contributed by atoms with Crippen LogP contribution in [0.2, 0.25) is 0 Å². The summed E-state index contributed by atoms with van der Waals surface area (Å²) in [5.41, 5.74) is 4.26. The summed E-state index contributed by atoms with van der Waals surface area (Å²) >= 11 is 0. The summed E-state index contributed by atoms with van der Waals surface area (Å²) in [6.45, 7) is 2.28. The molecule has 0 amide bonds. The van der Waals surface area contributed by atoms with Crippen LogP contribution in [0.5, 0.6) is 0 Å². The molecule has 0 aliphatic carbocycles. The minimum absolute atomic E-state index is 0.305.